The number of rotatable bonds is 3. The molecule has 19 heavy (non-hydrogen) atoms. The van der Waals surface area contributed by atoms with E-state index in [9.17, 15) is 4.39 Å². The van der Waals surface area contributed by atoms with Crippen LogP contribution in [0.5, 0.6) is 0 Å². The summed E-state index contributed by atoms with van der Waals surface area (Å²) in [6.07, 6.45) is 0. The first-order chi connectivity index (χ1) is 9.33. The highest BCUT2D eigenvalue weighted by molar-refractivity contribution is 5.53. The van der Waals surface area contributed by atoms with E-state index in [0.29, 0.717) is 17.9 Å². The van der Waals surface area contributed by atoms with E-state index in [1.807, 2.05) is 0 Å². The lowest BCUT2D eigenvalue weighted by Gasteiger charge is -2.25. The molecular weight excluding hydrogens is 247 g/mol. The second-order valence-electron chi connectivity index (χ2n) is 4.52. The molecule has 0 atom stereocenters. The summed E-state index contributed by atoms with van der Waals surface area (Å²) in [5, 5.41) is 7.20. The van der Waals surface area contributed by atoms with Crippen molar-refractivity contribution in [2.75, 3.05) is 26.2 Å². The average Bonchev–Trinajstić information content (AvgIpc) is 2.89. The molecule has 0 unspecified atom stereocenters. The maximum absolute atomic E-state index is 13.6. The molecule has 2 heterocycles. The van der Waals surface area contributed by atoms with Crippen LogP contribution in [0.3, 0.4) is 0 Å². The van der Waals surface area contributed by atoms with Crippen molar-refractivity contribution in [3.63, 3.8) is 0 Å². The largest absolute Gasteiger partial charge is 0.334 e. The third kappa shape index (κ3) is 2.80. The van der Waals surface area contributed by atoms with Crippen molar-refractivity contribution >= 4 is 0 Å². The Hall–Kier alpha value is -1.79. The molecule has 1 aliphatic heterocycles. The van der Waals surface area contributed by atoms with Crippen molar-refractivity contribution < 1.29 is 8.91 Å². The molecule has 1 fully saturated rings. The van der Waals surface area contributed by atoms with E-state index >= 15 is 0 Å². The Morgan fingerprint density at radius 1 is 1.26 bits per heavy atom. The highest BCUT2D eigenvalue weighted by Gasteiger charge is 2.16. The zero-order valence-corrected chi connectivity index (χ0v) is 10.5. The monoisotopic (exact) mass is 262 g/mol. The fraction of sp³-hybridized carbons (Fsp3) is 0.385. The number of benzene rings is 1. The Kier molecular flexibility index (Phi) is 3.52. The predicted octanol–water partition coefficient (Wildman–Crippen LogP) is 1.28. The van der Waals surface area contributed by atoms with Gasteiger partial charge in [0.25, 0.3) is 5.89 Å². The van der Waals surface area contributed by atoms with Gasteiger partial charge in [0.2, 0.25) is 0 Å². The van der Waals surface area contributed by atoms with Gasteiger partial charge < -0.3 is 9.84 Å². The second kappa shape index (κ2) is 5.46. The fourth-order valence-corrected chi connectivity index (χ4v) is 2.13. The molecule has 1 aliphatic rings. The molecule has 1 N–H and O–H groups in total. The maximum Gasteiger partial charge on any atom is 0.260 e. The fourth-order valence-electron chi connectivity index (χ4n) is 2.13. The minimum Gasteiger partial charge on any atom is -0.334 e. The molecule has 0 bridgehead atoms. The number of halogens is 1. The van der Waals surface area contributed by atoms with Crippen LogP contribution in [0.2, 0.25) is 0 Å². The van der Waals surface area contributed by atoms with E-state index < -0.39 is 0 Å². The SMILES string of the molecule is Fc1ccccc1-c1nc(CN2CCNCC2)no1. The summed E-state index contributed by atoms with van der Waals surface area (Å²) in [5.41, 5.74) is 0.349. The zero-order valence-electron chi connectivity index (χ0n) is 10.5. The number of hydrogen-bond acceptors (Lipinski definition) is 5. The van der Waals surface area contributed by atoms with E-state index in [-0.39, 0.29) is 11.7 Å². The highest BCUT2D eigenvalue weighted by Crippen LogP contribution is 2.20. The molecule has 100 valence electrons. The first kappa shape index (κ1) is 12.3. The second-order valence-corrected chi connectivity index (χ2v) is 4.52. The topological polar surface area (TPSA) is 54.2 Å². The number of aromatic nitrogens is 2. The minimum atomic E-state index is -0.347. The smallest absolute Gasteiger partial charge is 0.260 e. The molecule has 2 aromatic rings. The normalized spacial score (nSPS) is 16.7. The maximum atomic E-state index is 13.6. The molecule has 3 rings (SSSR count). The first-order valence-electron chi connectivity index (χ1n) is 6.33. The van der Waals surface area contributed by atoms with Crippen LogP contribution in [0.1, 0.15) is 5.82 Å². The zero-order chi connectivity index (χ0) is 13.1. The highest BCUT2D eigenvalue weighted by atomic mass is 19.1. The molecule has 0 saturated carbocycles. The van der Waals surface area contributed by atoms with Gasteiger partial charge in [-0.15, -0.1) is 0 Å². The van der Waals surface area contributed by atoms with Gasteiger partial charge in [-0.3, -0.25) is 4.90 Å². The molecule has 0 spiro atoms. The molecule has 0 amide bonds. The van der Waals surface area contributed by atoms with Gasteiger partial charge in [-0.05, 0) is 12.1 Å². The first-order valence-corrected chi connectivity index (χ1v) is 6.33. The summed E-state index contributed by atoms with van der Waals surface area (Å²) in [4.78, 5) is 6.50. The van der Waals surface area contributed by atoms with Crippen molar-refractivity contribution in [1.29, 1.82) is 0 Å². The van der Waals surface area contributed by atoms with Crippen LogP contribution in [-0.2, 0) is 6.54 Å². The van der Waals surface area contributed by atoms with E-state index in [1.165, 1.54) is 6.07 Å². The molecule has 1 aromatic heterocycles. The quantitative estimate of drug-likeness (QED) is 0.903. The van der Waals surface area contributed by atoms with Crippen LogP contribution < -0.4 is 5.32 Å². The van der Waals surface area contributed by atoms with Gasteiger partial charge in [0.05, 0.1) is 12.1 Å². The van der Waals surface area contributed by atoms with Crippen molar-refractivity contribution in [3.8, 4) is 11.5 Å². The molecular formula is C13H15FN4O. The Bertz CT molecular complexity index is 551. The minimum absolute atomic E-state index is 0.239. The van der Waals surface area contributed by atoms with E-state index in [0.717, 1.165) is 26.2 Å². The summed E-state index contributed by atoms with van der Waals surface area (Å²) < 4.78 is 18.7. The van der Waals surface area contributed by atoms with Gasteiger partial charge in [-0.2, -0.15) is 4.98 Å². The van der Waals surface area contributed by atoms with E-state index in [4.69, 9.17) is 4.52 Å². The molecule has 6 heteroatoms. The third-order valence-electron chi connectivity index (χ3n) is 3.15. The Labute approximate surface area is 110 Å². The van der Waals surface area contributed by atoms with Crippen LogP contribution in [-0.4, -0.2) is 41.2 Å². The molecule has 1 aromatic carbocycles. The van der Waals surface area contributed by atoms with E-state index in [1.54, 1.807) is 18.2 Å². The molecule has 1 saturated heterocycles. The summed E-state index contributed by atoms with van der Waals surface area (Å²) in [5.74, 6) is 0.489. The van der Waals surface area contributed by atoms with Crippen LogP contribution in [0.25, 0.3) is 11.5 Å². The van der Waals surface area contributed by atoms with Crippen molar-refractivity contribution in [1.82, 2.24) is 20.4 Å². The summed E-state index contributed by atoms with van der Waals surface area (Å²) in [6, 6.07) is 6.41. The van der Waals surface area contributed by atoms with Gasteiger partial charge in [-0.1, -0.05) is 17.3 Å². The van der Waals surface area contributed by atoms with Crippen LogP contribution in [0.4, 0.5) is 4.39 Å². The van der Waals surface area contributed by atoms with Crippen molar-refractivity contribution in [2.45, 2.75) is 6.54 Å². The molecule has 5 nitrogen and oxygen atoms in total. The van der Waals surface area contributed by atoms with Gasteiger partial charge in [0, 0.05) is 26.2 Å². The number of nitrogens with one attached hydrogen (secondary N) is 1. The van der Waals surface area contributed by atoms with Crippen LogP contribution >= 0.6 is 0 Å². The van der Waals surface area contributed by atoms with Crippen LogP contribution in [0.15, 0.2) is 28.8 Å². The summed E-state index contributed by atoms with van der Waals surface area (Å²) in [7, 11) is 0. The summed E-state index contributed by atoms with van der Waals surface area (Å²) >= 11 is 0. The van der Waals surface area contributed by atoms with Gasteiger partial charge in [0.15, 0.2) is 5.82 Å². The molecule has 0 radical (unpaired) electrons. The Morgan fingerprint density at radius 3 is 2.84 bits per heavy atom. The number of piperazine rings is 1. The molecule has 0 aliphatic carbocycles. The Balaban J connectivity index is 1.74. The standard InChI is InChI=1S/C13H15FN4O/c14-11-4-2-1-3-10(11)13-16-12(17-19-13)9-18-7-5-15-6-8-18/h1-4,15H,5-9H2. The lowest BCUT2D eigenvalue weighted by Crippen LogP contribution is -2.43. The van der Waals surface area contributed by atoms with Gasteiger partial charge >= 0.3 is 0 Å². The summed E-state index contributed by atoms with van der Waals surface area (Å²) in [6.45, 7) is 4.50. The Morgan fingerprint density at radius 2 is 2.05 bits per heavy atom. The van der Waals surface area contributed by atoms with Gasteiger partial charge in [-0.25, -0.2) is 4.39 Å². The lowest BCUT2D eigenvalue weighted by molar-refractivity contribution is 0.225. The number of hydrogen-bond donors (Lipinski definition) is 1. The lowest BCUT2D eigenvalue weighted by atomic mass is 10.2. The van der Waals surface area contributed by atoms with Crippen LogP contribution in [0, 0.1) is 5.82 Å². The number of nitrogens with zero attached hydrogens (tertiary/aromatic N) is 3. The van der Waals surface area contributed by atoms with Gasteiger partial charge in [0.1, 0.15) is 5.82 Å². The van der Waals surface area contributed by atoms with Crippen molar-refractivity contribution in [3.05, 3.63) is 35.9 Å². The van der Waals surface area contributed by atoms with E-state index in [2.05, 4.69) is 20.4 Å². The predicted molar refractivity (Wildman–Crippen MR) is 67.8 cm³/mol. The average molecular weight is 262 g/mol. The van der Waals surface area contributed by atoms with Crippen molar-refractivity contribution in [2.24, 2.45) is 0 Å². The third-order valence-corrected chi connectivity index (χ3v) is 3.15.